The fraction of sp³-hybridized carbons (Fsp3) is 0.111. The molecule has 0 spiro atoms. The summed E-state index contributed by atoms with van der Waals surface area (Å²) in [5.41, 5.74) is 2.98. The van der Waals surface area contributed by atoms with Crippen molar-refractivity contribution in [3.8, 4) is 12.1 Å². The van der Waals surface area contributed by atoms with E-state index < -0.39 is 0 Å². The summed E-state index contributed by atoms with van der Waals surface area (Å²) in [6.45, 7) is 1.79. The van der Waals surface area contributed by atoms with Crippen molar-refractivity contribution in [1.82, 2.24) is 8.75 Å². The Kier molecular flexibility index (Phi) is 2.55. The molecule has 2 rings (SSSR count). The summed E-state index contributed by atoms with van der Waals surface area (Å²) >= 11 is 3.13. The molecule has 0 aliphatic heterocycles. The zero-order chi connectivity index (χ0) is 11.0. The summed E-state index contributed by atoms with van der Waals surface area (Å²) in [5.74, 6) is 0. The molecule has 0 N–H and O–H groups in total. The molecule has 0 bridgehead atoms. The van der Waals surface area contributed by atoms with E-state index in [9.17, 15) is 0 Å². The third-order valence-corrected chi connectivity index (χ3v) is 3.70. The van der Waals surface area contributed by atoms with E-state index in [2.05, 4.69) is 8.75 Å². The fourth-order valence-electron chi connectivity index (χ4n) is 1.36. The maximum Gasteiger partial charge on any atom is 0.119 e. The Morgan fingerprint density at radius 3 is 2.33 bits per heavy atom. The minimum atomic E-state index is 0.399. The SMILES string of the molecule is Cc1c(C#N)c(C#N)c(I)c2nsnc12. The molecular weight excluding hydrogens is 323 g/mol. The minimum Gasteiger partial charge on any atom is -0.192 e. The van der Waals surface area contributed by atoms with Crippen LogP contribution in [0, 0.1) is 33.2 Å². The molecule has 4 nitrogen and oxygen atoms in total. The lowest BCUT2D eigenvalue weighted by atomic mass is 10.0. The first-order valence-corrected chi connectivity index (χ1v) is 5.76. The third-order valence-electron chi connectivity index (χ3n) is 2.12. The number of rotatable bonds is 0. The molecule has 2 aromatic rings. The Bertz CT molecular complexity index is 578. The van der Waals surface area contributed by atoms with Crippen LogP contribution in [0.25, 0.3) is 11.0 Å². The maximum absolute atomic E-state index is 9.00. The molecule has 1 heterocycles. The van der Waals surface area contributed by atoms with Crippen molar-refractivity contribution >= 4 is 45.4 Å². The van der Waals surface area contributed by atoms with Gasteiger partial charge in [-0.2, -0.15) is 19.3 Å². The summed E-state index contributed by atoms with van der Waals surface area (Å²) < 4.78 is 8.96. The van der Waals surface area contributed by atoms with Crippen LogP contribution in [0.4, 0.5) is 0 Å². The molecule has 0 atom stereocenters. The maximum atomic E-state index is 9.00. The molecule has 0 unspecified atom stereocenters. The van der Waals surface area contributed by atoms with E-state index in [0.29, 0.717) is 20.2 Å². The van der Waals surface area contributed by atoms with Crippen molar-refractivity contribution < 1.29 is 0 Å². The number of hydrogen-bond donors (Lipinski definition) is 0. The highest BCUT2D eigenvalue weighted by Gasteiger charge is 2.17. The number of benzene rings is 1. The molecule has 15 heavy (non-hydrogen) atoms. The molecule has 0 aliphatic carbocycles. The predicted molar refractivity (Wildman–Crippen MR) is 64.3 cm³/mol. The van der Waals surface area contributed by atoms with Crippen LogP contribution in [0.1, 0.15) is 16.7 Å². The monoisotopic (exact) mass is 326 g/mol. The Balaban J connectivity index is 3.07. The van der Waals surface area contributed by atoms with Crippen LogP contribution >= 0.6 is 34.3 Å². The van der Waals surface area contributed by atoms with Crippen LogP contribution < -0.4 is 0 Å². The van der Waals surface area contributed by atoms with E-state index >= 15 is 0 Å². The summed E-state index contributed by atoms with van der Waals surface area (Å²) in [7, 11) is 0. The number of aromatic nitrogens is 2. The number of nitrogens with zero attached hydrogens (tertiary/aromatic N) is 4. The zero-order valence-corrected chi connectivity index (χ0v) is 10.5. The molecule has 0 saturated carbocycles. The summed E-state index contributed by atoms with van der Waals surface area (Å²) in [5, 5.41) is 18.0. The molecule has 72 valence electrons. The van der Waals surface area contributed by atoms with E-state index in [-0.39, 0.29) is 0 Å². The molecule has 0 amide bonds. The number of fused-ring (bicyclic) bond motifs is 1. The standard InChI is InChI=1S/C9H3IN4S/c1-4-5(2-11)6(3-12)7(10)9-8(4)13-15-14-9/h1H3. The first-order valence-electron chi connectivity index (χ1n) is 3.95. The molecule has 0 aliphatic rings. The van der Waals surface area contributed by atoms with Crippen molar-refractivity contribution in [2.75, 3.05) is 0 Å². The first kappa shape index (κ1) is 10.3. The zero-order valence-electron chi connectivity index (χ0n) is 7.58. The van der Waals surface area contributed by atoms with E-state index in [1.807, 2.05) is 34.7 Å². The van der Waals surface area contributed by atoms with Crippen LogP contribution in [0.15, 0.2) is 0 Å². The van der Waals surface area contributed by atoms with Crippen LogP contribution in [-0.2, 0) is 0 Å². The Morgan fingerprint density at radius 1 is 1.13 bits per heavy atom. The highest BCUT2D eigenvalue weighted by atomic mass is 127. The lowest BCUT2D eigenvalue weighted by molar-refractivity contribution is 1.36. The highest BCUT2D eigenvalue weighted by molar-refractivity contribution is 14.1. The molecule has 0 saturated heterocycles. The van der Waals surface area contributed by atoms with Crippen LogP contribution in [0.5, 0.6) is 0 Å². The van der Waals surface area contributed by atoms with Gasteiger partial charge >= 0.3 is 0 Å². The van der Waals surface area contributed by atoms with Gasteiger partial charge in [0.25, 0.3) is 0 Å². The van der Waals surface area contributed by atoms with Gasteiger partial charge < -0.3 is 0 Å². The Morgan fingerprint density at radius 2 is 1.73 bits per heavy atom. The second-order valence-electron chi connectivity index (χ2n) is 2.87. The minimum absolute atomic E-state index is 0.399. The molecule has 1 aromatic carbocycles. The van der Waals surface area contributed by atoms with Crippen molar-refractivity contribution in [3.05, 3.63) is 20.3 Å². The van der Waals surface area contributed by atoms with E-state index in [0.717, 1.165) is 22.8 Å². The largest absolute Gasteiger partial charge is 0.192 e. The van der Waals surface area contributed by atoms with Gasteiger partial charge in [-0.05, 0) is 35.1 Å². The topological polar surface area (TPSA) is 73.4 Å². The first-order chi connectivity index (χ1) is 7.20. The van der Waals surface area contributed by atoms with Gasteiger partial charge in [0.1, 0.15) is 23.2 Å². The summed E-state index contributed by atoms with van der Waals surface area (Å²) in [6.07, 6.45) is 0. The second-order valence-corrected chi connectivity index (χ2v) is 4.48. The van der Waals surface area contributed by atoms with Gasteiger partial charge in [0.15, 0.2) is 0 Å². The van der Waals surface area contributed by atoms with Gasteiger partial charge in [-0.3, -0.25) is 0 Å². The van der Waals surface area contributed by atoms with Gasteiger partial charge in [-0.25, -0.2) is 0 Å². The Labute approximate surface area is 104 Å². The normalized spacial score (nSPS) is 9.87. The van der Waals surface area contributed by atoms with Gasteiger partial charge in [0, 0.05) is 0 Å². The van der Waals surface area contributed by atoms with Crippen molar-refractivity contribution in [1.29, 1.82) is 10.5 Å². The molecule has 1 aromatic heterocycles. The average molecular weight is 326 g/mol. The third kappa shape index (κ3) is 1.37. The van der Waals surface area contributed by atoms with E-state index in [1.54, 1.807) is 6.92 Å². The van der Waals surface area contributed by atoms with Gasteiger partial charge in [0.05, 0.1) is 26.4 Å². The second kappa shape index (κ2) is 3.72. The van der Waals surface area contributed by atoms with E-state index in [1.165, 1.54) is 0 Å². The average Bonchev–Trinajstić information content (AvgIpc) is 2.72. The fourth-order valence-corrected chi connectivity index (χ4v) is 2.89. The molecule has 6 heteroatoms. The number of hydrogen-bond acceptors (Lipinski definition) is 5. The summed E-state index contributed by atoms with van der Waals surface area (Å²) in [4.78, 5) is 0. The van der Waals surface area contributed by atoms with Crippen LogP contribution in [-0.4, -0.2) is 8.75 Å². The number of nitriles is 2. The van der Waals surface area contributed by atoms with Crippen LogP contribution in [0.2, 0.25) is 0 Å². The quantitative estimate of drug-likeness (QED) is 0.697. The number of halogens is 1. The lowest BCUT2D eigenvalue weighted by Gasteiger charge is -2.02. The molecule has 0 radical (unpaired) electrons. The summed E-state index contributed by atoms with van der Waals surface area (Å²) in [6, 6.07) is 4.09. The van der Waals surface area contributed by atoms with Crippen molar-refractivity contribution in [2.24, 2.45) is 0 Å². The van der Waals surface area contributed by atoms with Gasteiger partial charge in [0.2, 0.25) is 0 Å². The van der Waals surface area contributed by atoms with Gasteiger partial charge in [-0.15, -0.1) is 0 Å². The van der Waals surface area contributed by atoms with Gasteiger partial charge in [-0.1, -0.05) is 0 Å². The Hall–Kier alpha value is -1.25. The van der Waals surface area contributed by atoms with Crippen molar-refractivity contribution in [3.63, 3.8) is 0 Å². The highest BCUT2D eigenvalue weighted by Crippen LogP contribution is 2.29. The smallest absolute Gasteiger partial charge is 0.119 e. The predicted octanol–water partition coefficient (Wildman–Crippen LogP) is 2.35. The molecular formula is C9H3IN4S. The molecule has 0 fully saturated rings. The lowest BCUT2D eigenvalue weighted by Crippen LogP contribution is -1.95. The van der Waals surface area contributed by atoms with E-state index in [4.69, 9.17) is 10.5 Å². The van der Waals surface area contributed by atoms with Crippen molar-refractivity contribution in [2.45, 2.75) is 6.92 Å². The van der Waals surface area contributed by atoms with Crippen LogP contribution in [0.3, 0.4) is 0 Å². The number of aryl methyl sites for hydroxylation is 1.